The predicted octanol–water partition coefficient (Wildman–Crippen LogP) is 5.83. The van der Waals surface area contributed by atoms with Crippen molar-refractivity contribution in [1.82, 2.24) is 4.90 Å². The number of rotatable bonds is 2. The second kappa shape index (κ2) is 7.13. The van der Waals surface area contributed by atoms with E-state index in [-0.39, 0.29) is 23.4 Å². The lowest BCUT2D eigenvalue weighted by molar-refractivity contribution is -0.139. The van der Waals surface area contributed by atoms with Crippen LogP contribution in [0.1, 0.15) is 43.7 Å². The molecule has 1 amide bonds. The van der Waals surface area contributed by atoms with Crippen molar-refractivity contribution in [1.29, 1.82) is 0 Å². The third-order valence-electron chi connectivity index (χ3n) is 5.30. The summed E-state index contributed by atoms with van der Waals surface area (Å²) >= 11 is 1.88. The summed E-state index contributed by atoms with van der Waals surface area (Å²) in [5.41, 5.74) is 1.44. The molecule has 2 aromatic carbocycles. The van der Waals surface area contributed by atoms with E-state index in [1.54, 1.807) is 18.7 Å². The van der Waals surface area contributed by atoms with Crippen LogP contribution in [-0.2, 0) is 11.2 Å². The van der Waals surface area contributed by atoms with E-state index in [4.69, 9.17) is 4.42 Å². The van der Waals surface area contributed by atoms with E-state index >= 15 is 0 Å². The van der Waals surface area contributed by atoms with Crippen LogP contribution in [0.4, 0.5) is 8.78 Å². The second-order valence-electron chi connectivity index (χ2n) is 7.58. The molecular weight excluding hydrogens is 475 g/mol. The number of fused-ring (bicyclic) bond motifs is 3. The van der Waals surface area contributed by atoms with E-state index in [9.17, 15) is 13.6 Å². The summed E-state index contributed by atoms with van der Waals surface area (Å²) in [4.78, 5) is 14.6. The molecule has 3 aromatic rings. The molecule has 0 saturated carbocycles. The first kappa shape index (κ1) is 19.4. The molecule has 146 valence electrons. The quantitative estimate of drug-likeness (QED) is 0.419. The highest BCUT2D eigenvalue weighted by molar-refractivity contribution is 14.1. The molecule has 4 rings (SSSR count). The summed E-state index contributed by atoms with van der Waals surface area (Å²) in [5, 5.41) is 0.928. The normalized spacial score (nSPS) is 19.3. The zero-order chi connectivity index (χ0) is 20.2. The lowest BCUT2D eigenvalue weighted by Gasteiger charge is -2.41. The van der Waals surface area contributed by atoms with Crippen LogP contribution in [0.2, 0.25) is 0 Å². The van der Waals surface area contributed by atoms with Crippen molar-refractivity contribution in [2.75, 3.05) is 0 Å². The van der Waals surface area contributed by atoms with Crippen LogP contribution in [0, 0.1) is 21.1 Å². The van der Waals surface area contributed by atoms with E-state index < -0.39 is 17.7 Å². The second-order valence-corrected chi connectivity index (χ2v) is 8.83. The summed E-state index contributed by atoms with van der Waals surface area (Å²) in [6.45, 7) is 5.50. The summed E-state index contributed by atoms with van der Waals surface area (Å²) in [5.74, 6) is -1.34. The van der Waals surface area contributed by atoms with Gasteiger partial charge in [0, 0.05) is 26.5 Å². The van der Waals surface area contributed by atoms with E-state index in [0.29, 0.717) is 21.3 Å². The maximum Gasteiger partial charge on any atom is 0.226 e. The van der Waals surface area contributed by atoms with Gasteiger partial charge in [0.15, 0.2) is 0 Å². The highest BCUT2D eigenvalue weighted by Gasteiger charge is 2.43. The molecule has 1 aliphatic heterocycles. The number of furan rings is 1. The largest absolute Gasteiger partial charge is 0.458 e. The molecule has 0 saturated heterocycles. The van der Waals surface area contributed by atoms with Crippen molar-refractivity contribution in [3.05, 3.63) is 68.5 Å². The van der Waals surface area contributed by atoms with Gasteiger partial charge in [0.25, 0.3) is 0 Å². The van der Waals surface area contributed by atoms with Gasteiger partial charge in [0.1, 0.15) is 29.0 Å². The molecule has 1 aliphatic rings. The highest BCUT2D eigenvalue weighted by Crippen LogP contribution is 2.44. The number of amides is 1. The van der Waals surface area contributed by atoms with Crippen molar-refractivity contribution in [2.24, 2.45) is 5.92 Å². The molecule has 28 heavy (non-hydrogen) atoms. The van der Waals surface area contributed by atoms with Crippen LogP contribution in [0.3, 0.4) is 0 Å². The standard InChI is InChI=1S/C22H20F2INO2/c1-11(2)22(27)26-12(3)8-15-14-6-4-5-7-18(14)28-21(15)20(26)19-16(23)9-13(25)10-17(19)24/h4-7,9-12,20H,8H2,1-3H3. The zero-order valence-electron chi connectivity index (χ0n) is 15.8. The summed E-state index contributed by atoms with van der Waals surface area (Å²) in [7, 11) is 0. The molecule has 6 heteroatoms. The monoisotopic (exact) mass is 495 g/mol. The molecule has 3 nitrogen and oxygen atoms in total. The van der Waals surface area contributed by atoms with E-state index in [2.05, 4.69) is 0 Å². The highest BCUT2D eigenvalue weighted by atomic mass is 127. The molecule has 0 bridgehead atoms. The molecule has 1 aromatic heterocycles. The number of hydrogen-bond acceptors (Lipinski definition) is 2. The fraction of sp³-hybridized carbons (Fsp3) is 0.318. The number of hydrogen-bond donors (Lipinski definition) is 0. The average Bonchev–Trinajstić information content (AvgIpc) is 2.98. The molecule has 0 radical (unpaired) electrons. The van der Waals surface area contributed by atoms with Gasteiger partial charge in [-0.3, -0.25) is 4.79 Å². The Morgan fingerprint density at radius 3 is 2.50 bits per heavy atom. The molecule has 2 heterocycles. The van der Waals surface area contributed by atoms with E-state index in [0.717, 1.165) is 10.9 Å². The van der Waals surface area contributed by atoms with Gasteiger partial charge >= 0.3 is 0 Å². The maximum absolute atomic E-state index is 15.0. The first-order valence-electron chi connectivity index (χ1n) is 9.26. The van der Waals surface area contributed by atoms with E-state index in [1.165, 1.54) is 12.1 Å². The first-order valence-corrected chi connectivity index (χ1v) is 10.3. The average molecular weight is 495 g/mol. The Morgan fingerprint density at radius 2 is 1.86 bits per heavy atom. The Bertz CT molecular complexity index is 1050. The minimum absolute atomic E-state index is 0.138. The number of carbonyl (C=O) groups is 1. The Kier molecular flexibility index (Phi) is 4.93. The number of para-hydroxylation sites is 1. The number of carbonyl (C=O) groups excluding carboxylic acids is 1. The van der Waals surface area contributed by atoms with Gasteiger partial charge in [0.05, 0.1) is 5.56 Å². The van der Waals surface area contributed by atoms with Crippen molar-refractivity contribution in [3.63, 3.8) is 0 Å². The van der Waals surface area contributed by atoms with Gasteiger partial charge in [-0.05, 0) is 54.1 Å². The van der Waals surface area contributed by atoms with Gasteiger partial charge in [-0.15, -0.1) is 0 Å². The van der Waals surface area contributed by atoms with Crippen molar-refractivity contribution >= 4 is 39.5 Å². The van der Waals surface area contributed by atoms with Crippen molar-refractivity contribution in [3.8, 4) is 0 Å². The molecular formula is C22H20F2INO2. The lowest BCUT2D eigenvalue weighted by Crippen LogP contribution is -2.48. The molecule has 0 N–H and O–H groups in total. The number of benzene rings is 2. The minimum Gasteiger partial charge on any atom is -0.458 e. The molecule has 0 aliphatic carbocycles. The molecule has 2 atom stereocenters. The van der Waals surface area contributed by atoms with Crippen molar-refractivity contribution < 1.29 is 18.0 Å². The van der Waals surface area contributed by atoms with Crippen LogP contribution in [-0.4, -0.2) is 16.8 Å². The van der Waals surface area contributed by atoms with Crippen LogP contribution in [0.15, 0.2) is 40.8 Å². The molecule has 0 spiro atoms. The maximum atomic E-state index is 15.0. The summed E-state index contributed by atoms with van der Waals surface area (Å²) < 4.78 is 36.5. The zero-order valence-corrected chi connectivity index (χ0v) is 18.0. The van der Waals surface area contributed by atoms with Crippen LogP contribution >= 0.6 is 22.6 Å². The smallest absolute Gasteiger partial charge is 0.226 e. The minimum atomic E-state index is -0.932. The lowest BCUT2D eigenvalue weighted by atomic mass is 9.87. The molecule has 2 unspecified atom stereocenters. The summed E-state index contributed by atoms with van der Waals surface area (Å²) in [6.07, 6.45) is 0.578. The number of nitrogens with zero attached hydrogens (tertiary/aromatic N) is 1. The Labute approximate surface area is 175 Å². The van der Waals surface area contributed by atoms with Crippen molar-refractivity contribution in [2.45, 2.75) is 39.3 Å². The topological polar surface area (TPSA) is 33.5 Å². The van der Waals surface area contributed by atoms with Gasteiger partial charge in [-0.2, -0.15) is 0 Å². The Morgan fingerprint density at radius 1 is 1.21 bits per heavy atom. The first-order chi connectivity index (χ1) is 13.3. The van der Waals surface area contributed by atoms with Crippen LogP contribution < -0.4 is 0 Å². The SMILES string of the molecule is CC(C)C(=O)N1C(C)Cc2c(oc3ccccc23)C1c1c(F)cc(I)cc1F. The van der Waals surface area contributed by atoms with Gasteiger partial charge in [0.2, 0.25) is 5.91 Å². The fourth-order valence-corrected chi connectivity index (χ4v) is 4.60. The fourth-order valence-electron chi connectivity index (χ4n) is 4.05. The van der Waals surface area contributed by atoms with Gasteiger partial charge in [-0.25, -0.2) is 8.78 Å². The Hall–Kier alpha value is -1.96. The van der Waals surface area contributed by atoms with E-state index in [1.807, 2.05) is 53.8 Å². The van der Waals surface area contributed by atoms with Crippen LogP contribution in [0.5, 0.6) is 0 Å². The Balaban J connectivity index is 2.02. The van der Waals surface area contributed by atoms with Gasteiger partial charge < -0.3 is 9.32 Å². The van der Waals surface area contributed by atoms with Gasteiger partial charge in [-0.1, -0.05) is 32.0 Å². The molecule has 0 fully saturated rings. The predicted molar refractivity (Wildman–Crippen MR) is 112 cm³/mol. The summed E-state index contributed by atoms with van der Waals surface area (Å²) in [6, 6.07) is 8.99. The third-order valence-corrected chi connectivity index (χ3v) is 5.92. The number of halogens is 3. The van der Waals surface area contributed by atoms with Crippen LogP contribution in [0.25, 0.3) is 11.0 Å². The third kappa shape index (κ3) is 3.02.